The van der Waals surface area contributed by atoms with Gasteiger partial charge in [-0.05, 0) is 38.6 Å². The molecule has 0 bridgehead atoms. The van der Waals surface area contributed by atoms with E-state index in [2.05, 4.69) is 19.2 Å². The van der Waals surface area contributed by atoms with Crippen molar-refractivity contribution in [3.05, 3.63) is 0 Å². The Kier molecular flexibility index (Phi) is 5.45. The van der Waals surface area contributed by atoms with Crippen LogP contribution in [0.1, 0.15) is 58.8 Å². The van der Waals surface area contributed by atoms with E-state index in [1.54, 1.807) is 0 Å². The van der Waals surface area contributed by atoms with Crippen molar-refractivity contribution in [2.45, 2.75) is 64.8 Å². The topological polar surface area (TPSA) is 12.0 Å². The van der Waals surface area contributed by atoms with Crippen LogP contribution in [0.3, 0.4) is 0 Å². The van der Waals surface area contributed by atoms with E-state index in [1.807, 2.05) is 0 Å². The van der Waals surface area contributed by atoms with Crippen molar-refractivity contribution in [1.82, 2.24) is 5.32 Å². The van der Waals surface area contributed by atoms with Crippen LogP contribution in [-0.4, -0.2) is 12.6 Å². The largest absolute Gasteiger partial charge is 0.314 e. The van der Waals surface area contributed by atoms with Crippen LogP contribution < -0.4 is 5.32 Å². The van der Waals surface area contributed by atoms with Gasteiger partial charge in [-0.25, -0.2) is 0 Å². The second kappa shape index (κ2) is 6.42. The second-order valence-electron chi connectivity index (χ2n) is 4.49. The summed E-state index contributed by atoms with van der Waals surface area (Å²) < 4.78 is 0. The maximum Gasteiger partial charge on any atom is 0.00669 e. The molecule has 1 fully saturated rings. The molecule has 1 nitrogen and oxygen atoms in total. The molecule has 0 spiro atoms. The van der Waals surface area contributed by atoms with Crippen molar-refractivity contribution in [2.24, 2.45) is 5.92 Å². The molecule has 1 saturated carbocycles. The molecule has 1 aliphatic carbocycles. The maximum atomic E-state index is 3.62. The predicted molar refractivity (Wildman–Crippen MR) is 58.9 cm³/mol. The fourth-order valence-electron chi connectivity index (χ4n) is 1.82. The molecule has 0 aromatic heterocycles. The lowest BCUT2D eigenvalue weighted by molar-refractivity contribution is 0.478. The molecule has 0 aromatic rings. The molecule has 1 heteroatoms. The monoisotopic (exact) mass is 183 g/mol. The summed E-state index contributed by atoms with van der Waals surface area (Å²) in [6.07, 6.45) is 9.91. The molecule has 1 N–H and O–H groups in total. The molecule has 0 aromatic carbocycles. The van der Waals surface area contributed by atoms with E-state index in [4.69, 9.17) is 0 Å². The molecular formula is C12H25N. The Labute approximate surface area is 83.3 Å². The summed E-state index contributed by atoms with van der Waals surface area (Å²) in [7, 11) is 0. The first-order valence-corrected chi connectivity index (χ1v) is 6.08. The zero-order chi connectivity index (χ0) is 9.52. The molecule has 0 aliphatic heterocycles. The Morgan fingerprint density at radius 3 is 2.46 bits per heavy atom. The van der Waals surface area contributed by atoms with Gasteiger partial charge in [-0.2, -0.15) is 0 Å². The lowest BCUT2D eigenvalue weighted by Gasteiger charge is -2.11. The van der Waals surface area contributed by atoms with Crippen LogP contribution in [-0.2, 0) is 0 Å². The molecule has 13 heavy (non-hydrogen) atoms. The van der Waals surface area contributed by atoms with E-state index in [0.29, 0.717) is 0 Å². The first-order chi connectivity index (χ1) is 6.34. The summed E-state index contributed by atoms with van der Waals surface area (Å²) in [6.45, 7) is 5.85. The highest BCUT2D eigenvalue weighted by molar-refractivity contribution is 4.82. The van der Waals surface area contributed by atoms with Crippen molar-refractivity contribution in [2.75, 3.05) is 6.54 Å². The summed E-state index contributed by atoms with van der Waals surface area (Å²) in [6, 6.07) is 0.783. The summed E-state index contributed by atoms with van der Waals surface area (Å²) in [5.41, 5.74) is 0. The van der Waals surface area contributed by atoms with Crippen molar-refractivity contribution in [1.29, 1.82) is 0 Å². The summed E-state index contributed by atoms with van der Waals surface area (Å²) >= 11 is 0. The van der Waals surface area contributed by atoms with Gasteiger partial charge in [0.1, 0.15) is 0 Å². The molecule has 1 atom stereocenters. The highest BCUT2D eigenvalue weighted by Crippen LogP contribution is 2.32. The first kappa shape index (κ1) is 11.0. The lowest BCUT2D eigenvalue weighted by atomic mass is 10.1. The number of unbranched alkanes of at least 4 members (excludes halogenated alkanes) is 4. The Hall–Kier alpha value is -0.0400. The van der Waals surface area contributed by atoms with Crippen molar-refractivity contribution in [3.8, 4) is 0 Å². The van der Waals surface area contributed by atoms with Crippen LogP contribution in [0.25, 0.3) is 0 Å². The Morgan fingerprint density at radius 2 is 1.85 bits per heavy atom. The molecule has 1 unspecified atom stereocenters. The average molecular weight is 183 g/mol. The predicted octanol–water partition coefficient (Wildman–Crippen LogP) is 3.34. The highest BCUT2D eigenvalue weighted by atomic mass is 14.9. The van der Waals surface area contributed by atoms with Gasteiger partial charge in [0.05, 0.1) is 0 Å². The van der Waals surface area contributed by atoms with Gasteiger partial charge >= 0.3 is 0 Å². The minimum absolute atomic E-state index is 0.783. The molecule has 1 rings (SSSR count). The molecular weight excluding hydrogens is 158 g/mol. The van der Waals surface area contributed by atoms with E-state index < -0.39 is 0 Å². The van der Waals surface area contributed by atoms with Crippen LogP contribution in [0, 0.1) is 5.92 Å². The van der Waals surface area contributed by atoms with Crippen LogP contribution in [0.15, 0.2) is 0 Å². The zero-order valence-corrected chi connectivity index (χ0v) is 9.31. The number of hydrogen-bond acceptors (Lipinski definition) is 1. The summed E-state index contributed by atoms with van der Waals surface area (Å²) in [4.78, 5) is 0. The van der Waals surface area contributed by atoms with Gasteiger partial charge in [-0.15, -0.1) is 0 Å². The molecule has 0 saturated heterocycles. The van der Waals surface area contributed by atoms with E-state index >= 15 is 0 Å². The van der Waals surface area contributed by atoms with Gasteiger partial charge in [0.25, 0.3) is 0 Å². The third-order valence-electron chi connectivity index (χ3n) is 3.08. The molecule has 0 amide bonds. The SMILES string of the molecule is CCCCCCCNC(C)C1CC1. The first-order valence-electron chi connectivity index (χ1n) is 6.08. The second-order valence-corrected chi connectivity index (χ2v) is 4.49. The van der Waals surface area contributed by atoms with Crippen LogP contribution in [0.2, 0.25) is 0 Å². The smallest absolute Gasteiger partial charge is 0.00669 e. The van der Waals surface area contributed by atoms with E-state index in [9.17, 15) is 0 Å². The highest BCUT2D eigenvalue weighted by Gasteiger charge is 2.26. The van der Waals surface area contributed by atoms with Gasteiger partial charge in [0.15, 0.2) is 0 Å². The Balaban J connectivity index is 1.77. The normalized spacial score (nSPS) is 18.9. The molecule has 0 heterocycles. The van der Waals surface area contributed by atoms with Gasteiger partial charge in [-0.1, -0.05) is 32.6 Å². The summed E-state index contributed by atoms with van der Waals surface area (Å²) in [5, 5.41) is 3.62. The molecule has 0 radical (unpaired) electrons. The average Bonchev–Trinajstić information content (AvgIpc) is 2.93. The zero-order valence-electron chi connectivity index (χ0n) is 9.31. The fourth-order valence-corrected chi connectivity index (χ4v) is 1.82. The number of rotatable bonds is 8. The minimum atomic E-state index is 0.783. The van der Waals surface area contributed by atoms with Gasteiger partial charge < -0.3 is 5.32 Å². The number of hydrogen-bond donors (Lipinski definition) is 1. The van der Waals surface area contributed by atoms with Crippen molar-refractivity contribution < 1.29 is 0 Å². The quantitative estimate of drug-likeness (QED) is 0.569. The fraction of sp³-hybridized carbons (Fsp3) is 1.00. The molecule has 78 valence electrons. The number of nitrogens with one attached hydrogen (secondary N) is 1. The summed E-state index contributed by atoms with van der Waals surface area (Å²) in [5.74, 6) is 1.01. The standard InChI is InChI=1S/C12H25N/c1-3-4-5-6-7-10-13-11(2)12-8-9-12/h11-13H,3-10H2,1-2H3. The van der Waals surface area contributed by atoms with Gasteiger partial charge in [-0.3, -0.25) is 0 Å². The van der Waals surface area contributed by atoms with Crippen molar-refractivity contribution >= 4 is 0 Å². The van der Waals surface area contributed by atoms with Crippen LogP contribution in [0.4, 0.5) is 0 Å². The van der Waals surface area contributed by atoms with Crippen LogP contribution in [0.5, 0.6) is 0 Å². The Morgan fingerprint density at radius 1 is 1.15 bits per heavy atom. The maximum absolute atomic E-state index is 3.62. The van der Waals surface area contributed by atoms with E-state index in [1.165, 1.54) is 51.5 Å². The third-order valence-corrected chi connectivity index (χ3v) is 3.08. The van der Waals surface area contributed by atoms with E-state index in [-0.39, 0.29) is 0 Å². The van der Waals surface area contributed by atoms with Gasteiger partial charge in [0.2, 0.25) is 0 Å². The Bertz CT molecular complexity index is 118. The van der Waals surface area contributed by atoms with Crippen molar-refractivity contribution in [3.63, 3.8) is 0 Å². The minimum Gasteiger partial charge on any atom is -0.314 e. The van der Waals surface area contributed by atoms with E-state index in [0.717, 1.165) is 12.0 Å². The van der Waals surface area contributed by atoms with Gasteiger partial charge in [0, 0.05) is 6.04 Å². The van der Waals surface area contributed by atoms with Crippen LogP contribution >= 0.6 is 0 Å². The lowest BCUT2D eigenvalue weighted by Crippen LogP contribution is -2.28. The molecule has 1 aliphatic rings. The third kappa shape index (κ3) is 5.30.